The molecule has 1 heterocycles. The average molecular weight is 240 g/mol. The van der Waals surface area contributed by atoms with E-state index in [2.05, 4.69) is 15.5 Å². The van der Waals surface area contributed by atoms with Crippen molar-refractivity contribution in [3.63, 3.8) is 0 Å². The van der Waals surface area contributed by atoms with E-state index in [4.69, 9.17) is 11.6 Å². The fourth-order valence-electron chi connectivity index (χ4n) is 1.19. The number of carbonyl (C=O) groups excluding carboxylic acids is 1. The van der Waals surface area contributed by atoms with Crippen LogP contribution in [0.15, 0.2) is 30.5 Å². The molecule has 0 saturated carbocycles. The summed E-state index contributed by atoms with van der Waals surface area (Å²) in [7, 11) is 0. The minimum Gasteiger partial charge on any atom is -0.307 e. The molecular formula is C10H7ClFN3O. The SMILES string of the molecule is O=C(Nc1ccn[nH]1)c1ccc(Cl)cc1F. The molecule has 82 valence electrons. The summed E-state index contributed by atoms with van der Waals surface area (Å²) in [6.07, 6.45) is 1.48. The molecule has 1 aromatic carbocycles. The third kappa shape index (κ3) is 2.20. The molecule has 0 aliphatic rings. The Morgan fingerprint density at radius 3 is 2.88 bits per heavy atom. The molecule has 0 aliphatic carbocycles. The van der Waals surface area contributed by atoms with Crippen LogP contribution in [0.4, 0.5) is 10.2 Å². The summed E-state index contributed by atoms with van der Waals surface area (Å²) < 4.78 is 13.4. The van der Waals surface area contributed by atoms with Gasteiger partial charge in [-0.25, -0.2) is 4.39 Å². The van der Waals surface area contributed by atoms with E-state index in [0.29, 0.717) is 5.82 Å². The van der Waals surface area contributed by atoms with Crippen LogP contribution in [0, 0.1) is 5.82 Å². The number of halogens is 2. The van der Waals surface area contributed by atoms with Crippen LogP contribution in [0.5, 0.6) is 0 Å². The topological polar surface area (TPSA) is 57.8 Å². The molecule has 0 radical (unpaired) electrons. The Hall–Kier alpha value is -1.88. The van der Waals surface area contributed by atoms with Gasteiger partial charge in [-0.3, -0.25) is 9.89 Å². The lowest BCUT2D eigenvalue weighted by Gasteiger charge is -2.03. The largest absolute Gasteiger partial charge is 0.307 e. The normalized spacial score (nSPS) is 10.1. The second-order valence-corrected chi connectivity index (χ2v) is 3.49. The lowest BCUT2D eigenvalue weighted by molar-refractivity contribution is 0.102. The first kappa shape index (κ1) is 10.6. The molecule has 0 saturated heterocycles. The molecule has 2 rings (SSSR count). The Balaban J connectivity index is 2.21. The number of nitrogens with one attached hydrogen (secondary N) is 2. The van der Waals surface area contributed by atoms with E-state index in [-0.39, 0.29) is 10.6 Å². The van der Waals surface area contributed by atoms with Crippen LogP contribution in [0.3, 0.4) is 0 Å². The van der Waals surface area contributed by atoms with Gasteiger partial charge in [-0.1, -0.05) is 11.6 Å². The number of carbonyl (C=O) groups is 1. The predicted octanol–water partition coefficient (Wildman–Crippen LogP) is 2.45. The number of hydrogen-bond acceptors (Lipinski definition) is 2. The molecule has 2 aromatic rings. The van der Waals surface area contributed by atoms with Crippen LogP contribution >= 0.6 is 11.6 Å². The number of hydrogen-bond donors (Lipinski definition) is 2. The molecule has 0 fully saturated rings. The Kier molecular flexibility index (Phi) is 2.87. The number of anilines is 1. The summed E-state index contributed by atoms with van der Waals surface area (Å²) in [5, 5.41) is 8.89. The van der Waals surface area contributed by atoms with Gasteiger partial charge in [0.15, 0.2) is 0 Å². The summed E-state index contributed by atoms with van der Waals surface area (Å²) in [4.78, 5) is 11.6. The van der Waals surface area contributed by atoms with E-state index in [1.807, 2.05) is 0 Å². The van der Waals surface area contributed by atoms with E-state index < -0.39 is 11.7 Å². The van der Waals surface area contributed by atoms with Gasteiger partial charge < -0.3 is 5.32 Å². The molecule has 0 bridgehead atoms. The molecular weight excluding hydrogens is 233 g/mol. The number of benzene rings is 1. The van der Waals surface area contributed by atoms with Crippen molar-refractivity contribution >= 4 is 23.3 Å². The standard InChI is InChI=1S/C10H7ClFN3O/c11-6-1-2-7(8(12)5-6)10(16)14-9-3-4-13-15-9/h1-5H,(H2,13,14,15,16). The monoisotopic (exact) mass is 239 g/mol. The highest BCUT2D eigenvalue weighted by Crippen LogP contribution is 2.15. The van der Waals surface area contributed by atoms with Gasteiger partial charge in [0.05, 0.1) is 11.8 Å². The van der Waals surface area contributed by atoms with Gasteiger partial charge in [-0.15, -0.1) is 0 Å². The third-order valence-corrected chi connectivity index (χ3v) is 2.16. The van der Waals surface area contributed by atoms with Crippen LogP contribution in [0.25, 0.3) is 0 Å². The van der Waals surface area contributed by atoms with Crippen molar-refractivity contribution in [3.8, 4) is 0 Å². The quantitative estimate of drug-likeness (QED) is 0.846. The van der Waals surface area contributed by atoms with Gasteiger partial charge in [-0.2, -0.15) is 5.10 Å². The Morgan fingerprint density at radius 1 is 1.44 bits per heavy atom. The summed E-state index contributed by atoms with van der Waals surface area (Å²) in [6, 6.07) is 5.42. The maximum absolute atomic E-state index is 13.4. The minimum absolute atomic E-state index is 0.0704. The molecule has 2 N–H and O–H groups in total. The van der Waals surface area contributed by atoms with Crippen molar-refractivity contribution in [1.29, 1.82) is 0 Å². The van der Waals surface area contributed by atoms with Crippen LogP contribution in [-0.2, 0) is 0 Å². The summed E-state index contributed by atoms with van der Waals surface area (Å²) in [5.41, 5.74) is -0.0704. The number of aromatic amines is 1. The molecule has 1 amide bonds. The molecule has 16 heavy (non-hydrogen) atoms. The van der Waals surface area contributed by atoms with Gasteiger partial charge >= 0.3 is 0 Å². The van der Waals surface area contributed by atoms with E-state index in [9.17, 15) is 9.18 Å². The van der Waals surface area contributed by atoms with E-state index in [1.165, 1.54) is 18.3 Å². The fourth-order valence-corrected chi connectivity index (χ4v) is 1.35. The molecule has 4 nitrogen and oxygen atoms in total. The number of H-pyrrole nitrogens is 1. The number of aromatic nitrogens is 2. The number of nitrogens with zero attached hydrogens (tertiary/aromatic N) is 1. The third-order valence-electron chi connectivity index (χ3n) is 1.92. The summed E-state index contributed by atoms with van der Waals surface area (Å²) >= 11 is 5.58. The first-order valence-corrected chi connectivity index (χ1v) is 4.80. The molecule has 0 atom stereocenters. The van der Waals surface area contributed by atoms with Crippen molar-refractivity contribution in [3.05, 3.63) is 46.9 Å². The van der Waals surface area contributed by atoms with Gasteiger partial charge in [0, 0.05) is 11.1 Å². The Bertz CT molecular complexity index is 513. The fraction of sp³-hybridized carbons (Fsp3) is 0. The van der Waals surface area contributed by atoms with Crippen LogP contribution in [-0.4, -0.2) is 16.1 Å². The highest BCUT2D eigenvalue weighted by atomic mass is 35.5. The van der Waals surface area contributed by atoms with Crippen LogP contribution in [0.1, 0.15) is 10.4 Å². The maximum Gasteiger partial charge on any atom is 0.259 e. The summed E-state index contributed by atoms with van der Waals surface area (Å²) in [6.45, 7) is 0. The lowest BCUT2D eigenvalue weighted by atomic mass is 10.2. The van der Waals surface area contributed by atoms with Crippen molar-refractivity contribution in [1.82, 2.24) is 10.2 Å². The zero-order chi connectivity index (χ0) is 11.5. The number of amides is 1. The molecule has 0 aliphatic heterocycles. The van der Waals surface area contributed by atoms with Crippen molar-refractivity contribution in [2.45, 2.75) is 0 Å². The first-order valence-electron chi connectivity index (χ1n) is 4.42. The number of rotatable bonds is 2. The minimum atomic E-state index is -0.662. The first-order chi connectivity index (χ1) is 7.66. The molecule has 1 aromatic heterocycles. The lowest BCUT2D eigenvalue weighted by Crippen LogP contribution is -2.13. The smallest absolute Gasteiger partial charge is 0.259 e. The zero-order valence-corrected chi connectivity index (χ0v) is 8.75. The van der Waals surface area contributed by atoms with Gasteiger partial charge in [0.25, 0.3) is 5.91 Å². The van der Waals surface area contributed by atoms with Crippen LogP contribution < -0.4 is 5.32 Å². The molecule has 0 spiro atoms. The average Bonchev–Trinajstić information content (AvgIpc) is 2.70. The van der Waals surface area contributed by atoms with Crippen molar-refractivity contribution in [2.75, 3.05) is 5.32 Å². The Labute approximate surface area is 95.4 Å². The maximum atomic E-state index is 13.4. The highest BCUT2D eigenvalue weighted by Gasteiger charge is 2.12. The van der Waals surface area contributed by atoms with E-state index in [0.717, 1.165) is 6.07 Å². The van der Waals surface area contributed by atoms with Gasteiger partial charge in [0.2, 0.25) is 0 Å². The molecule has 0 unspecified atom stereocenters. The van der Waals surface area contributed by atoms with E-state index in [1.54, 1.807) is 6.07 Å². The van der Waals surface area contributed by atoms with Gasteiger partial charge in [-0.05, 0) is 18.2 Å². The van der Waals surface area contributed by atoms with E-state index >= 15 is 0 Å². The second-order valence-electron chi connectivity index (χ2n) is 3.05. The predicted molar refractivity (Wildman–Crippen MR) is 58.0 cm³/mol. The van der Waals surface area contributed by atoms with Gasteiger partial charge in [0.1, 0.15) is 11.6 Å². The second kappa shape index (κ2) is 4.32. The Morgan fingerprint density at radius 2 is 2.25 bits per heavy atom. The van der Waals surface area contributed by atoms with Crippen molar-refractivity contribution in [2.24, 2.45) is 0 Å². The molecule has 6 heteroatoms. The zero-order valence-electron chi connectivity index (χ0n) is 8.00. The van der Waals surface area contributed by atoms with Crippen LogP contribution in [0.2, 0.25) is 5.02 Å². The highest BCUT2D eigenvalue weighted by molar-refractivity contribution is 6.30. The van der Waals surface area contributed by atoms with Crippen molar-refractivity contribution < 1.29 is 9.18 Å². The summed E-state index contributed by atoms with van der Waals surface area (Å²) in [5.74, 6) is -0.817.